The summed E-state index contributed by atoms with van der Waals surface area (Å²) in [4.78, 5) is 8.44. The highest BCUT2D eigenvalue weighted by molar-refractivity contribution is 5.81. The summed E-state index contributed by atoms with van der Waals surface area (Å²) in [6.07, 6.45) is 0. The lowest BCUT2D eigenvalue weighted by atomic mass is 10.6. The van der Waals surface area contributed by atoms with Crippen LogP contribution in [-0.4, -0.2) is 47.9 Å². The van der Waals surface area contributed by atoms with Crippen LogP contribution in [0, 0.1) is 0 Å². The molecule has 2 heterocycles. The quantitative estimate of drug-likeness (QED) is 0.609. The van der Waals surface area contributed by atoms with E-state index in [1.54, 1.807) is 0 Å². The third-order valence-electron chi connectivity index (χ3n) is 2.31. The molecule has 0 aromatic carbocycles. The second kappa shape index (κ2) is 3.73. The van der Waals surface area contributed by atoms with E-state index >= 15 is 0 Å². The van der Waals surface area contributed by atoms with Gasteiger partial charge in [0.15, 0.2) is 0 Å². The van der Waals surface area contributed by atoms with Crippen molar-refractivity contribution in [1.29, 1.82) is 0 Å². The standard InChI is InChI=1S/C8H14N6/c1-7-9-3-5-13(7)11-12-14-6-4-10-8(14)2/h3-6H2,1-2H3. The van der Waals surface area contributed by atoms with Gasteiger partial charge in [0.25, 0.3) is 0 Å². The highest BCUT2D eigenvalue weighted by Crippen LogP contribution is 2.06. The first-order valence-corrected chi connectivity index (χ1v) is 4.76. The minimum Gasteiger partial charge on any atom is -0.269 e. The van der Waals surface area contributed by atoms with Gasteiger partial charge in [-0.2, -0.15) is 0 Å². The Morgan fingerprint density at radius 3 is 1.64 bits per heavy atom. The maximum atomic E-state index is 4.22. The molecule has 0 amide bonds. The van der Waals surface area contributed by atoms with Gasteiger partial charge in [0.2, 0.25) is 0 Å². The molecule has 0 fully saturated rings. The number of hydrogen-bond acceptors (Lipinski definition) is 4. The Morgan fingerprint density at radius 1 is 0.929 bits per heavy atom. The van der Waals surface area contributed by atoms with Crippen molar-refractivity contribution in [2.24, 2.45) is 20.4 Å². The third-order valence-corrected chi connectivity index (χ3v) is 2.31. The zero-order valence-electron chi connectivity index (χ0n) is 8.51. The Bertz CT molecular complexity index is 275. The maximum Gasteiger partial charge on any atom is 0.118 e. The van der Waals surface area contributed by atoms with Crippen molar-refractivity contribution >= 4 is 11.7 Å². The molecule has 0 spiro atoms. The summed E-state index contributed by atoms with van der Waals surface area (Å²) in [5.74, 6) is 1.87. The van der Waals surface area contributed by atoms with Crippen LogP contribution in [0.3, 0.4) is 0 Å². The number of nitrogens with zero attached hydrogens (tertiary/aromatic N) is 6. The van der Waals surface area contributed by atoms with Crippen LogP contribution >= 0.6 is 0 Å². The summed E-state index contributed by atoms with van der Waals surface area (Å²) >= 11 is 0. The van der Waals surface area contributed by atoms with Crippen LogP contribution in [0.15, 0.2) is 20.4 Å². The van der Waals surface area contributed by atoms with Gasteiger partial charge in [-0.05, 0) is 24.3 Å². The average Bonchev–Trinajstić information content (AvgIpc) is 2.72. The number of amidine groups is 2. The monoisotopic (exact) mass is 194 g/mol. The van der Waals surface area contributed by atoms with Crippen LogP contribution in [0.2, 0.25) is 0 Å². The van der Waals surface area contributed by atoms with Gasteiger partial charge in [-0.3, -0.25) is 9.98 Å². The van der Waals surface area contributed by atoms with Crippen molar-refractivity contribution < 1.29 is 0 Å². The lowest BCUT2D eigenvalue weighted by molar-refractivity contribution is 0.360. The molecule has 0 aromatic rings. The Labute approximate surface area is 83.0 Å². The number of aliphatic imine (C=N–C) groups is 2. The van der Waals surface area contributed by atoms with Gasteiger partial charge >= 0.3 is 0 Å². The van der Waals surface area contributed by atoms with Crippen molar-refractivity contribution in [3.8, 4) is 0 Å². The van der Waals surface area contributed by atoms with E-state index in [9.17, 15) is 0 Å². The SMILES string of the molecule is CC1=NCCN1N=NN1CCN=C1C. The molecule has 0 unspecified atom stereocenters. The molecule has 0 saturated carbocycles. The van der Waals surface area contributed by atoms with E-state index in [4.69, 9.17) is 0 Å². The Kier molecular flexibility index (Phi) is 2.43. The van der Waals surface area contributed by atoms with Crippen LogP contribution < -0.4 is 0 Å². The Morgan fingerprint density at radius 2 is 1.36 bits per heavy atom. The molecular formula is C8H14N6. The fourth-order valence-corrected chi connectivity index (χ4v) is 1.42. The van der Waals surface area contributed by atoms with Crippen LogP contribution in [0.1, 0.15) is 13.8 Å². The second-order valence-corrected chi connectivity index (χ2v) is 3.28. The van der Waals surface area contributed by atoms with Gasteiger partial charge in [0.05, 0.1) is 26.2 Å². The summed E-state index contributed by atoms with van der Waals surface area (Å²) < 4.78 is 0. The van der Waals surface area contributed by atoms with E-state index in [0.717, 1.165) is 37.9 Å². The van der Waals surface area contributed by atoms with E-state index in [2.05, 4.69) is 20.4 Å². The fourth-order valence-electron chi connectivity index (χ4n) is 1.42. The van der Waals surface area contributed by atoms with E-state index in [1.165, 1.54) is 0 Å². The second-order valence-electron chi connectivity index (χ2n) is 3.28. The first-order chi connectivity index (χ1) is 6.77. The third kappa shape index (κ3) is 1.73. The summed E-state index contributed by atoms with van der Waals surface area (Å²) in [7, 11) is 0. The van der Waals surface area contributed by atoms with Crippen molar-refractivity contribution in [1.82, 2.24) is 10.0 Å². The molecule has 14 heavy (non-hydrogen) atoms. The molecule has 0 bridgehead atoms. The first kappa shape index (κ1) is 9.11. The molecule has 0 N–H and O–H groups in total. The lowest BCUT2D eigenvalue weighted by Crippen LogP contribution is -2.23. The normalized spacial score (nSPS) is 22.1. The fraction of sp³-hybridized carbons (Fsp3) is 0.750. The van der Waals surface area contributed by atoms with E-state index in [0.29, 0.717) is 0 Å². The van der Waals surface area contributed by atoms with Crippen molar-refractivity contribution in [2.45, 2.75) is 13.8 Å². The van der Waals surface area contributed by atoms with Crippen molar-refractivity contribution in [3.63, 3.8) is 0 Å². The smallest absolute Gasteiger partial charge is 0.118 e. The molecule has 76 valence electrons. The highest BCUT2D eigenvalue weighted by Gasteiger charge is 2.14. The summed E-state index contributed by atoms with van der Waals surface area (Å²) in [5.41, 5.74) is 0. The molecule has 0 atom stereocenters. The first-order valence-electron chi connectivity index (χ1n) is 4.76. The molecule has 2 aliphatic rings. The maximum absolute atomic E-state index is 4.22. The van der Waals surface area contributed by atoms with Gasteiger partial charge in [-0.1, -0.05) is 0 Å². The van der Waals surface area contributed by atoms with Gasteiger partial charge in [0, 0.05) is 0 Å². The van der Waals surface area contributed by atoms with E-state index in [1.807, 2.05) is 23.9 Å². The van der Waals surface area contributed by atoms with Gasteiger partial charge in [-0.15, -0.1) is 0 Å². The molecule has 0 aliphatic carbocycles. The molecule has 6 heteroatoms. The minimum atomic E-state index is 0.817. The predicted molar refractivity (Wildman–Crippen MR) is 54.2 cm³/mol. The molecule has 0 radical (unpaired) electrons. The molecule has 2 rings (SSSR count). The number of hydrogen-bond donors (Lipinski definition) is 0. The molecule has 0 saturated heterocycles. The van der Waals surface area contributed by atoms with Crippen LogP contribution in [-0.2, 0) is 0 Å². The molecule has 2 aliphatic heterocycles. The zero-order chi connectivity index (χ0) is 9.97. The predicted octanol–water partition coefficient (Wildman–Crippen LogP) is 0.737. The highest BCUT2D eigenvalue weighted by atomic mass is 15.7. The Hall–Kier alpha value is -1.46. The van der Waals surface area contributed by atoms with Crippen molar-refractivity contribution in [3.05, 3.63) is 0 Å². The van der Waals surface area contributed by atoms with E-state index < -0.39 is 0 Å². The lowest BCUT2D eigenvalue weighted by Gasteiger charge is -2.12. The summed E-state index contributed by atoms with van der Waals surface area (Å²) in [6.45, 7) is 7.18. The topological polar surface area (TPSA) is 55.9 Å². The molecular weight excluding hydrogens is 180 g/mol. The van der Waals surface area contributed by atoms with Crippen molar-refractivity contribution in [2.75, 3.05) is 26.2 Å². The largest absolute Gasteiger partial charge is 0.269 e. The van der Waals surface area contributed by atoms with Crippen LogP contribution in [0.4, 0.5) is 0 Å². The minimum absolute atomic E-state index is 0.817. The summed E-state index contributed by atoms with van der Waals surface area (Å²) in [6, 6.07) is 0. The number of rotatable bonds is 2. The Balaban J connectivity index is 1.94. The summed E-state index contributed by atoms with van der Waals surface area (Å²) in [5, 5.41) is 11.8. The average molecular weight is 194 g/mol. The van der Waals surface area contributed by atoms with Crippen LogP contribution in [0.5, 0.6) is 0 Å². The zero-order valence-corrected chi connectivity index (χ0v) is 8.51. The molecule has 6 nitrogen and oxygen atoms in total. The molecule has 0 aromatic heterocycles. The van der Waals surface area contributed by atoms with Gasteiger partial charge < -0.3 is 0 Å². The van der Waals surface area contributed by atoms with Crippen LogP contribution in [0.25, 0.3) is 0 Å². The van der Waals surface area contributed by atoms with E-state index in [-0.39, 0.29) is 0 Å². The van der Waals surface area contributed by atoms with Gasteiger partial charge in [-0.25, -0.2) is 10.0 Å². The van der Waals surface area contributed by atoms with Gasteiger partial charge in [0.1, 0.15) is 11.7 Å².